The Morgan fingerprint density at radius 2 is 2.17 bits per heavy atom. The second kappa shape index (κ2) is 5.29. The van der Waals surface area contributed by atoms with Crippen LogP contribution in [0.25, 0.3) is 0 Å². The Morgan fingerprint density at radius 3 is 2.94 bits per heavy atom. The Hall–Kier alpha value is -1.06. The largest absolute Gasteiger partial charge is 0.380 e. The Bertz CT molecular complexity index is 403. The second-order valence-corrected chi connectivity index (χ2v) is 5.48. The molecule has 1 aliphatic carbocycles. The number of nitrogens with one attached hydrogen (secondary N) is 1. The molecule has 1 aromatic carbocycles. The summed E-state index contributed by atoms with van der Waals surface area (Å²) in [6.45, 7) is 3.01. The molecule has 98 valence electrons. The van der Waals surface area contributed by atoms with Crippen molar-refractivity contribution in [3.05, 3.63) is 29.8 Å². The maximum absolute atomic E-state index is 5.20. The summed E-state index contributed by atoms with van der Waals surface area (Å²) < 4.78 is 5.20. The Kier molecular flexibility index (Phi) is 3.52. The summed E-state index contributed by atoms with van der Waals surface area (Å²) >= 11 is 0. The molecular weight excluding hydrogens is 224 g/mol. The van der Waals surface area contributed by atoms with Crippen molar-refractivity contribution >= 4 is 5.69 Å². The number of rotatable bonds is 5. The number of hydrogen-bond acceptors (Lipinski definition) is 3. The molecule has 3 heteroatoms. The van der Waals surface area contributed by atoms with E-state index in [9.17, 15) is 0 Å². The fraction of sp³-hybridized carbons (Fsp3) is 0.600. The lowest BCUT2D eigenvalue weighted by atomic mass is 10.2. The van der Waals surface area contributed by atoms with E-state index in [1.54, 1.807) is 7.11 Å². The Morgan fingerprint density at radius 1 is 1.28 bits per heavy atom. The third-order valence-electron chi connectivity index (χ3n) is 3.82. The van der Waals surface area contributed by atoms with E-state index in [4.69, 9.17) is 4.74 Å². The van der Waals surface area contributed by atoms with Gasteiger partial charge in [0.1, 0.15) is 0 Å². The van der Waals surface area contributed by atoms with Crippen molar-refractivity contribution in [2.75, 3.05) is 25.1 Å². The number of benzene rings is 1. The van der Waals surface area contributed by atoms with Gasteiger partial charge in [-0.15, -0.1) is 0 Å². The van der Waals surface area contributed by atoms with Crippen LogP contribution < -0.4 is 10.2 Å². The third-order valence-corrected chi connectivity index (χ3v) is 3.82. The Labute approximate surface area is 109 Å². The fourth-order valence-electron chi connectivity index (χ4n) is 2.72. The van der Waals surface area contributed by atoms with Gasteiger partial charge in [0.05, 0.1) is 6.61 Å². The summed E-state index contributed by atoms with van der Waals surface area (Å²) in [7, 11) is 1.75. The summed E-state index contributed by atoms with van der Waals surface area (Å²) in [4.78, 5) is 2.49. The van der Waals surface area contributed by atoms with Gasteiger partial charge in [-0.1, -0.05) is 12.1 Å². The molecule has 1 unspecified atom stereocenters. The molecule has 2 aliphatic rings. The van der Waals surface area contributed by atoms with E-state index in [0.717, 1.165) is 12.6 Å². The molecule has 1 saturated heterocycles. The van der Waals surface area contributed by atoms with Crippen LogP contribution in [0.15, 0.2) is 24.3 Å². The molecule has 1 atom stereocenters. The monoisotopic (exact) mass is 246 g/mol. The van der Waals surface area contributed by atoms with Gasteiger partial charge in [0, 0.05) is 38.0 Å². The van der Waals surface area contributed by atoms with Crippen LogP contribution in [0.2, 0.25) is 0 Å². The van der Waals surface area contributed by atoms with Gasteiger partial charge in [-0.2, -0.15) is 0 Å². The molecule has 2 fully saturated rings. The first-order valence-electron chi connectivity index (χ1n) is 6.94. The minimum Gasteiger partial charge on any atom is -0.380 e. The van der Waals surface area contributed by atoms with Crippen LogP contribution in [0.1, 0.15) is 24.8 Å². The lowest BCUT2D eigenvalue weighted by Crippen LogP contribution is -2.33. The maximum Gasteiger partial charge on any atom is 0.0713 e. The minimum absolute atomic E-state index is 0.684. The standard InChI is InChI=1S/C15H22N2O/c1-18-11-12-3-2-4-15(9-12)17-8-7-14(10-17)16-13-5-6-13/h2-4,9,13-14,16H,5-8,10-11H2,1H3. The highest BCUT2D eigenvalue weighted by Crippen LogP contribution is 2.25. The van der Waals surface area contributed by atoms with Crippen molar-refractivity contribution < 1.29 is 4.74 Å². The van der Waals surface area contributed by atoms with Crippen LogP contribution in [0.3, 0.4) is 0 Å². The Balaban J connectivity index is 1.61. The molecular formula is C15H22N2O. The topological polar surface area (TPSA) is 24.5 Å². The summed E-state index contributed by atoms with van der Waals surface area (Å²) in [5.74, 6) is 0. The molecule has 1 aromatic rings. The molecule has 1 N–H and O–H groups in total. The lowest BCUT2D eigenvalue weighted by molar-refractivity contribution is 0.185. The average Bonchev–Trinajstić information content (AvgIpc) is 3.06. The van der Waals surface area contributed by atoms with E-state index < -0.39 is 0 Å². The van der Waals surface area contributed by atoms with Crippen molar-refractivity contribution in [2.45, 2.75) is 38.0 Å². The van der Waals surface area contributed by atoms with Gasteiger partial charge in [0.15, 0.2) is 0 Å². The van der Waals surface area contributed by atoms with E-state index in [1.165, 1.54) is 37.1 Å². The summed E-state index contributed by atoms with van der Waals surface area (Å²) in [5, 5.41) is 3.73. The van der Waals surface area contributed by atoms with Gasteiger partial charge in [0.25, 0.3) is 0 Å². The summed E-state index contributed by atoms with van der Waals surface area (Å²) in [6.07, 6.45) is 4.02. The van der Waals surface area contributed by atoms with E-state index in [-0.39, 0.29) is 0 Å². The smallest absolute Gasteiger partial charge is 0.0713 e. The van der Waals surface area contributed by atoms with Crippen molar-refractivity contribution in [3.8, 4) is 0 Å². The zero-order chi connectivity index (χ0) is 12.4. The van der Waals surface area contributed by atoms with Crippen LogP contribution in [0.4, 0.5) is 5.69 Å². The van der Waals surface area contributed by atoms with Gasteiger partial charge in [-0.25, -0.2) is 0 Å². The van der Waals surface area contributed by atoms with Crippen LogP contribution >= 0.6 is 0 Å². The summed E-state index contributed by atoms with van der Waals surface area (Å²) in [5.41, 5.74) is 2.60. The van der Waals surface area contributed by atoms with Crippen LogP contribution in [-0.4, -0.2) is 32.3 Å². The fourth-order valence-corrected chi connectivity index (χ4v) is 2.72. The van der Waals surface area contributed by atoms with Crippen LogP contribution in [0, 0.1) is 0 Å². The quantitative estimate of drug-likeness (QED) is 0.861. The van der Waals surface area contributed by atoms with Gasteiger partial charge >= 0.3 is 0 Å². The van der Waals surface area contributed by atoms with Crippen molar-refractivity contribution in [1.29, 1.82) is 0 Å². The molecule has 1 heterocycles. The van der Waals surface area contributed by atoms with Gasteiger partial charge in [0.2, 0.25) is 0 Å². The molecule has 3 nitrogen and oxygen atoms in total. The average molecular weight is 246 g/mol. The zero-order valence-corrected chi connectivity index (χ0v) is 11.1. The predicted molar refractivity (Wildman–Crippen MR) is 73.9 cm³/mol. The maximum atomic E-state index is 5.20. The van der Waals surface area contributed by atoms with Crippen molar-refractivity contribution in [2.24, 2.45) is 0 Å². The lowest BCUT2D eigenvalue weighted by Gasteiger charge is -2.20. The number of nitrogens with zero attached hydrogens (tertiary/aromatic N) is 1. The third kappa shape index (κ3) is 2.85. The first kappa shape index (κ1) is 12.0. The SMILES string of the molecule is COCc1cccc(N2CCC(NC3CC3)C2)c1. The summed E-state index contributed by atoms with van der Waals surface area (Å²) in [6, 6.07) is 10.2. The molecule has 0 spiro atoms. The van der Waals surface area contributed by atoms with E-state index in [0.29, 0.717) is 12.6 Å². The second-order valence-electron chi connectivity index (χ2n) is 5.48. The zero-order valence-electron chi connectivity index (χ0n) is 11.1. The molecule has 1 aliphatic heterocycles. The van der Waals surface area contributed by atoms with Crippen LogP contribution in [0.5, 0.6) is 0 Å². The number of methoxy groups -OCH3 is 1. The molecule has 18 heavy (non-hydrogen) atoms. The van der Waals surface area contributed by atoms with Gasteiger partial charge in [-0.3, -0.25) is 0 Å². The molecule has 1 saturated carbocycles. The molecule has 0 aromatic heterocycles. The number of hydrogen-bond donors (Lipinski definition) is 1. The first-order valence-corrected chi connectivity index (χ1v) is 6.94. The predicted octanol–water partition coefficient (Wildman–Crippen LogP) is 2.16. The van der Waals surface area contributed by atoms with Gasteiger partial charge < -0.3 is 15.0 Å². The van der Waals surface area contributed by atoms with Crippen LogP contribution in [-0.2, 0) is 11.3 Å². The highest BCUT2D eigenvalue weighted by Gasteiger charge is 2.29. The number of ether oxygens (including phenoxy) is 1. The number of anilines is 1. The van der Waals surface area contributed by atoms with E-state index in [1.807, 2.05) is 0 Å². The molecule has 0 bridgehead atoms. The molecule has 3 rings (SSSR count). The van der Waals surface area contributed by atoms with E-state index >= 15 is 0 Å². The normalized spacial score (nSPS) is 23.6. The van der Waals surface area contributed by atoms with Crippen molar-refractivity contribution in [1.82, 2.24) is 5.32 Å². The highest BCUT2D eigenvalue weighted by molar-refractivity contribution is 5.49. The van der Waals surface area contributed by atoms with Gasteiger partial charge in [-0.05, 0) is 37.0 Å². The minimum atomic E-state index is 0.684. The van der Waals surface area contributed by atoms with Crippen molar-refractivity contribution in [3.63, 3.8) is 0 Å². The van der Waals surface area contributed by atoms with E-state index in [2.05, 4.69) is 34.5 Å². The first-order chi connectivity index (χ1) is 8.85. The molecule has 0 amide bonds. The molecule has 0 radical (unpaired) electrons. The highest BCUT2D eigenvalue weighted by atomic mass is 16.5.